The average molecular weight is 264 g/mol. The molecule has 2 nitrogen and oxygen atoms in total. The molecule has 0 bridgehead atoms. The Balaban J connectivity index is 2.17. The second-order valence-corrected chi connectivity index (χ2v) is 4.31. The summed E-state index contributed by atoms with van der Waals surface area (Å²) in [4.78, 5) is 14.8. The monoisotopic (exact) mass is 263 g/mol. The Bertz CT molecular complexity index is 554. The van der Waals surface area contributed by atoms with Crippen molar-refractivity contribution in [1.82, 2.24) is 4.98 Å². The lowest BCUT2D eigenvalue weighted by Gasteiger charge is -2.03. The second kappa shape index (κ2) is 5.74. The molecule has 0 aliphatic heterocycles. The van der Waals surface area contributed by atoms with Crippen molar-refractivity contribution in [2.45, 2.75) is 12.8 Å². The van der Waals surface area contributed by atoms with Gasteiger partial charge in [0.05, 0.1) is 5.69 Å². The molecule has 0 spiro atoms. The SMILES string of the molecule is O=C(Cl)CCc1ccc(-c2ccccc2F)nc1. The molecule has 2 rings (SSSR count). The summed E-state index contributed by atoms with van der Waals surface area (Å²) in [6.45, 7) is 0. The van der Waals surface area contributed by atoms with Gasteiger partial charge in [0, 0.05) is 18.2 Å². The van der Waals surface area contributed by atoms with Gasteiger partial charge in [-0.25, -0.2) is 4.39 Å². The maximum atomic E-state index is 13.5. The van der Waals surface area contributed by atoms with E-state index in [-0.39, 0.29) is 17.5 Å². The van der Waals surface area contributed by atoms with Crippen LogP contribution in [0.1, 0.15) is 12.0 Å². The van der Waals surface area contributed by atoms with Crippen LogP contribution in [0.25, 0.3) is 11.3 Å². The van der Waals surface area contributed by atoms with E-state index in [1.54, 1.807) is 30.5 Å². The van der Waals surface area contributed by atoms with E-state index in [0.717, 1.165) is 5.56 Å². The number of rotatable bonds is 4. The Labute approximate surface area is 109 Å². The van der Waals surface area contributed by atoms with Crippen molar-refractivity contribution in [2.75, 3.05) is 0 Å². The molecule has 92 valence electrons. The molecular formula is C14H11ClFNO. The molecule has 0 saturated heterocycles. The lowest BCUT2D eigenvalue weighted by Crippen LogP contribution is -1.94. The fraction of sp³-hybridized carbons (Fsp3) is 0.143. The molecule has 4 heteroatoms. The van der Waals surface area contributed by atoms with E-state index in [1.807, 2.05) is 6.07 Å². The van der Waals surface area contributed by atoms with Crippen LogP contribution in [0.4, 0.5) is 4.39 Å². The largest absolute Gasteiger partial charge is 0.281 e. The fourth-order valence-electron chi connectivity index (χ4n) is 1.64. The van der Waals surface area contributed by atoms with E-state index in [1.165, 1.54) is 6.07 Å². The minimum atomic E-state index is -0.367. The van der Waals surface area contributed by atoms with E-state index in [9.17, 15) is 9.18 Å². The number of hydrogen-bond donors (Lipinski definition) is 0. The lowest BCUT2D eigenvalue weighted by atomic mass is 10.1. The first-order valence-electron chi connectivity index (χ1n) is 5.55. The van der Waals surface area contributed by atoms with E-state index >= 15 is 0 Å². The van der Waals surface area contributed by atoms with Crippen molar-refractivity contribution in [1.29, 1.82) is 0 Å². The van der Waals surface area contributed by atoms with Crippen LogP contribution in [0.5, 0.6) is 0 Å². The van der Waals surface area contributed by atoms with E-state index in [0.29, 0.717) is 17.7 Å². The quantitative estimate of drug-likeness (QED) is 0.789. The highest BCUT2D eigenvalue weighted by Crippen LogP contribution is 2.20. The number of hydrogen-bond acceptors (Lipinski definition) is 2. The number of benzene rings is 1. The highest BCUT2D eigenvalue weighted by Gasteiger charge is 2.05. The normalized spacial score (nSPS) is 10.3. The Morgan fingerprint density at radius 2 is 2.00 bits per heavy atom. The molecule has 0 aliphatic rings. The molecule has 2 aromatic rings. The maximum Gasteiger partial charge on any atom is 0.221 e. The van der Waals surface area contributed by atoms with Crippen LogP contribution in [-0.4, -0.2) is 10.2 Å². The molecular weight excluding hydrogens is 253 g/mol. The Morgan fingerprint density at radius 1 is 1.22 bits per heavy atom. The third-order valence-corrected chi connectivity index (χ3v) is 2.77. The number of nitrogens with zero attached hydrogens (tertiary/aromatic N) is 1. The van der Waals surface area contributed by atoms with Gasteiger partial charge in [-0.2, -0.15) is 0 Å². The van der Waals surface area contributed by atoms with Gasteiger partial charge in [-0.05, 0) is 41.8 Å². The van der Waals surface area contributed by atoms with Crippen LogP contribution in [0.3, 0.4) is 0 Å². The van der Waals surface area contributed by atoms with Gasteiger partial charge in [0.25, 0.3) is 0 Å². The molecule has 1 aromatic heterocycles. The first-order chi connectivity index (χ1) is 8.66. The summed E-state index contributed by atoms with van der Waals surface area (Å²) in [5.74, 6) is -0.298. The van der Waals surface area contributed by atoms with Crippen LogP contribution < -0.4 is 0 Å². The summed E-state index contributed by atoms with van der Waals surface area (Å²) >= 11 is 5.27. The van der Waals surface area contributed by atoms with Crippen molar-refractivity contribution in [2.24, 2.45) is 0 Å². The number of aryl methyl sites for hydroxylation is 1. The third-order valence-electron chi connectivity index (χ3n) is 2.58. The second-order valence-electron chi connectivity index (χ2n) is 3.89. The van der Waals surface area contributed by atoms with Crippen molar-refractivity contribution in [3.8, 4) is 11.3 Å². The zero-order valence-corrected chi connectivity index (χ0v) is 10.3. The van der Waals surface area contributed by atoms with Crippen LogP contribution in [0.15, 0.2) is 42.6 Å². The number of pyridine rings is 1. The van der Waals surface area contributed by atoms with Gasteiger partial charge < -0.3 is 0 Å². The summed E-state index contributed by atoms with van der Waals surface area (Å²) < 4.78 is 13.5. The van der Waals surface area contributed by atoms with E-state index in [2.05, 4.69) is 4.98 Å². The number of carbonyl (C=O) groups is 1. The summed E-state index contributed by atoms with van der Waals surface area (Å²) in [6.07, 6.45) is 2.47. The van der Waals surface area contributed by atoms with E-state index in [4.69, 9.17) is 11.6 Å². The Kier molecular flexibility index (Phi) is 4.05. The van der Waals surface area contributed by atoms with Gasteiger partial charge in [-0.1, -0.05) is 18.2 Å². The minimum Gasteiger partial charge on any atom is -0.281 e. The first-order valence-corrected chi connectivity index (χ1v) is 5.93. The molecule has 0 atom stereocenters. The summed E-state index contributed by atoms with van der Waals surface area (Å²) in [6, 6.07) is 10.1. The third kappa shape index (κ3) is 3.14. The van der Waals surface area contributed by atoms with Crippen LogP contribution in [0, 0.1) is 5.82 Å². The number of halogens is 2. The summed E-state index contributed by atoms with van der Waals surface area (Å²) in [7, 11) is 0. The topological polar surface area (TPSA) is 30.0 Å². The van der Waals surface area contributed by atoms with Crippen molar-refractivity contribution < 1.29 is 9.18 Å². The predicted molar refractivity (Wildman–Crippen MR) is 68.8 cm³/mol. The van der Waals surface area contributed by atoms with Crippen LogP contribution in [-0.2, 0) is 11.2 Å². The molecule has 0 N–H and O–H groups in total. The van der Waals surface area contributed by atoms with Gasteiger partial charge in [0.15, 0.2) is 0 Å². The Hall–Kier alpha value is -1.74. The molecule has 0 saturated carbocycles. The fourth-order valence-corrected chi connectivity index (χ4v) is 1.74. The molecule has 1 aromatic carbocycles. The zero-order valence-electron chi connectivity index (χ0n) is 9.57. The average Bonchev–Trinajstić information content (AvgIpc) is 2.38. The number of aromatic nitrogens is 1. The highest BCUT2D eigenvalue weighted by atomic mass is 35.5. The van der Waals surface area contributed by atoms with Gasteiger partial charge in [0.1, 0.15) is 5.82 Å². The van der Waals surface area contributed by atoms with Crippen molar-refractivity contribution in [3.05, 3.63) is 54.0 Å². The van der Waals surface area contributed by atoms with Crippen LogP contribution in [0.2, 0.25) is 0 Å². The van der Waals surface area contributed by atoms with Gasteiger partial charge >= 0.3 is 0 Å². The van der Waals surface area contributed by atoms with Gasteiger partial charge in [-0.15, -0.1) is 0 Å². The minimum absolute atomic E-state index is 0.280. The molecule has 1 heterocycles. The molecule has 0 radical (unpaired) electrons. The first kappa shape index (κ1) is 12.7. The smallest absolute Gasteiger partial charge is 0.221 e. The highest BCUT2D eigenvalue weighted by molar-refractivity contribution is 6.63. The Morgan fingerprint density at radius 3 is 2.61 bits per heavy atom. The number of carbonyl (C=O) groups excluding carboxylic acids is 1. The predicted octanol–water partition coefficient (Wildman–Crippen LogP) is 3.59. The zero-order chi connectivity index (χ0) is 13.0. The summed E-state index contributed by atoms with van der Waals surface area (Å²) in [5, 5.41) is -0.367. The van der Waals surface area contributed by atoms with Gasteiger partial charge in [0.2, 0.25) is 5.24 Å². The summed E-state index contributed by atoms with van der Waals surface area (Å²) in [5.41, 5.74) is 1.95. The molecule has 0 amide bonds. The maximum absolute atomic E-state index is 13.5. The molecule has 0 unspecified atom stereocenters. The van der Waals surface area contributed by atoms with Crippen LogP contribution >= 0.6 is 11.6 Å². The van der Waals surface area contributed by atoms with E-state index < -0.39 is 0 Å². The van der Waals surface area contributed by atoms with Crippen molar-refractivity contribution in [3.63, 3.8) is 0 Å². The molecule has 18 heavy (non-hydrogen) atoms. The molecule has 0 fully saturated rings. The molecule has 0 aliphatic carbocycles. The van der Waals surface area contributed by atoms with Crippen molar-refractivity contribution >= 4 is 16.8 Å². The lowest BCUT2D eigenvalue weighted by molar-refractivity contribution is -0.111. The standard InChI is InChI=1S/C14H11ClFNO/c15-14(18)8-6-10-5-7-13(17-9-10)11-3-1-2-4-12(11)16/h1-5,7,9H,6,8H2. The van der Waals surface area contributed by atoms with Gasteiger partial charge in [-0.3, -0.25) is 9.78 Å².